The van der Waals surface area contributed by atoms with Crippen molar-refractivity contribution in [3.05, 3.63) is 48.5 Å². The summed E-state index contributed by atoms with van der Waals surface area (Å²) in [5.41, 5.74) is 1.95. The van der Waals surface area contributed by atoms with E-state index < -0.39 is 0 Å². The summed E-state index contributed by atoms with van der Waals surface area (Å²) in [7, 11) is 0. The molecule has 3 aromatic rings. The highest BCUT2D eigenvalue weighted by molar-refractivity contribution is 7.17. The third kappa shape index (κ3) is 6.66. The molecule has 158 valence electrons. The quantitative estimate of drug-likeness (QED) is 0.199. The number of esters is 1. The van der Waals surface area contributed by atoms with Gasteiger partial charge in [-0.1, -0.05) is 50.4 Å². The van der Waals surface area contributed by atoms with Crippen molar-refractivity contribution in [1.29, 1.82) is 0 Å². The van der Waals surface area contributed by atoms with Gasteiger partial charge in [0.2, 0.25) is 0 Å². The zero-order chi connectivity index (χ0) is 21.2. The second-order valence-corrected chi connectivity index (χ2v) is 8.15. The average Bonchev–Trinajstić information content (AvgIpc) is 3.24. The number of carbonyl (C=O) groups is 1. The maximum atomic E-state index is 11.0. The van der Waals surface area contributed by atoms with Gasteiger partial charge in [0.15, 0.2) is 0 Å². The third-order valence-corrected chi connectivity index (χ3v) is 5.68. The summed E-state index contributed by atoms with van der Waals surface area (Å²) in [6, 6.07) is 15.3. The first-order valence-electron chi connectivity index (χ1n) is 10.5. The molecule has 3 rings (SSSR count). The van der Waals surface area contributed by atoms with Gasteiger partial charge in [0.1, 0.15) is 21.5 Å². The standard InChI is InChI=1S/C24H28N2O3S/c1-3-4-5-6-7-8-17-28-21-13-9-19(10-14-21)23-25-26-24(30-23)20-11-15-22(16-12-20)29-18(2)27/h9-16H,3-8,17H2,1-2H3. The van der Waals surface area contributed by atoms with E-state index in [9.17, 15) is 4.79 Å². The number of hydrogen-bond acceptors (Lipinski definition) is 6. The maximum Gasteiger partial charge on any atom is 0.308 e. The number of carbonyl (C=O) groups excluding carboxylic acids is 1. The summed E-state index contributed by atoms with van der Waals surface area (Å²) < 4.78 is 10.9. The Morgan fingerprint density at radius 3 is 1.90 bits per heavy atom. The predicted octanol–water partition coefficient (Wildman–Crippen LogP) is 6.54. The van der Waals surface area contributed by atoms with E-state index in [1.54, 1.807) is 12.1 Å². The van der Waals surface area contributed by atoms with Gasteiger partial charge >= 0.3 is 5.97 Å². The molecule has 0 fully saturated rings. The molecule has 0 saturated heterocycles. The van der Waals surface area contributed by atoms with Gasteiger partial charge in [0, 0.05) is 18.1 Å². The second-order valence-electron chi connectivity index (χ2n) is 7.17. The molecule has 0 aliphatic heterocycles. The van der Waals surface area contributed by atoms with Gasteiger partial charge in [-0.15, -0.1) is 10.2 Å². The molecule has 5 nitrogen and oxygen atoms in total. The fourth-order valence-corrected chi connectivity index (χ4v) is 3.91. The van der Waals surface area contributed by atoms with Gasteiger partial charge < -0.3 is 9.47 Å². The molecule has 0 saturated carbocycles. The number of aromatic nitrogens is 2. The first-order valence-corrected chi connectivity index (χ1v) is 11.3. The van der Waals surface area contributed by atoms with E-state index >= 15 is 0 Å². The molecule has 0 N–H and O–H groups in total. The van der Waals surface area contributed by atoms with Crippen LogP contribution >= 0.6 is 11.3 Å². The maximum absolute atomic E-state index is 11.0. The largest absolute Gasteiger partial charge is 0.494 e. The fraction of sp³-hybridized carbons (Fsp3) is 0.375. The van der Waals surface area contributed by atoms with Crippen molar-refractivity contribution in [1.82, 2.24) is 10.2 Å². The zero-order valence-corrected chi connectivity index (χ0v) is 18.4. The van der Waals surface area contributed by atoms with Crippen LogP contribution in [0.15, 0.2) is 48.5 Å². The molecule has 0 atom stereocenters. The Kier molecular flexibility index (Phi) is 8.39. The SMILES string of the molecule is CCCCCCCCOc1ccc(-c2nnc(-c3ccc(OC(C)=O)cc3)s2)cc1. The number of hydrogen-bond donors (Lipinski definition) is 0. The molecular formula is C24H28N2O3S. The van der Waals surface area contributed by atoms with Crippen molar-refractivity contribution in [2.24, 2.45) is 0 Å². The van der Waals surface area contributed by atoms with Crippen LogP contribution in [0.4, 0.5) is 0 Å². The lowest BCUT2D eigenvalue weighted by Gasteiger charge is -2.06. The average molecular weight is 425 g/mol. The van der Waals surface area contributed by atoms with Gasteiger partial charge in [-0.3, -0.25) is 4.79 Å². The predicted molar refractivity (Wildman–Crippen MR) is 121 cm³/mol. The molecule has 30 heavy (non-hydrogen) atoms. The topological polar surface area (TPSA) is 61.3 Å². The van der Waals surface area contributed by atoms with Crippen molar-refractivity contribution in [3.63, 3.8) is 0 Å². The van der Waals surface area contributed by atoms with Crippen molar-refractivity contribution < 1.29 is 14.3 Å². The van der Waals surface area contributed by atoms with Crippen LogP contribution in [-0.4, -0.2) is 22.8 Å². The minimum Gasteiger partial charge on any atom is -0.494 e. The summed E-state index contributed by atoms with van der Waals surface area (Å²) in [6.07, 6.45) is 7.55. The van der Waals surface area contributed by atoms with E-state index in [2.05, 4.69) is 17.1 Å². The minimum absolute atomic E-state index is 0.333. The van der Waals surface area contributed by atoms with E-state index in [-0.39, 0.29) is 5.97 Å². The molecule has 1 aromatic heterocycles. The van der Waals surface area contributed by atoms with Crippen molar-refractivity contribution >= 4 is 17.3 Å². The highest BCUT2D eigenvalue weighted by Gasteiger charge is 2.09. The monoisotopic (exact) mass is 424 g/mol. The summed E-state index contributed by atoms with van der Waals surface area (Å²) in [5, 5.41) is 10.3. The van der Waals surface area contributed by atoms with E-state index in [1.165, 1.54) is 50.4 Å². The lowest BCUT2D eigenvalue weighted by Crippen LogP contribution is -2.00. The van der Waals surface area contributed by atoms with Crippen LogP contribution in [0, 0.1) is 0 Å². The number of rotatable bonds is 11. The molecule has 2 aromatic carbocycles. The van der Waals surface area contributed by atoms with Crippen LogP contribution in [0.1, 0.15) is 52.4 Å². The molecule has 0 bridgehead atoms. The highest BCUT2D eigenvalue weighted by atomic mass is 32.1. The number of benzene rings is 2. The first kappa shape index (κ1) is 22.0. The van der Waals surface area contributed by atoms with E-state index in [1.807, 2.05) is 36.4 Å². The number of unbranched alkanes of at least 4 members (excludes halogenated alkanes) is 5. The zero-order valence-electron chi connectivity index (χ0n) is 17.6. The van der Waals surface area contributed by atoms with Crippen LogP contribution in [-0.2, 0) is 4.79 Å². The summed E-state index contributed by atoms with van der Waals surface area (Å²) in [5.74, 6) is 1.07. The molecule has 0 spiro atoms. The Balaban J connectivity index is 1.52. The third-order valence-electron chi connectivity index (χ3n) is 4.66. The Morgan fingerprint density at radius 2 is 1.33 bits per heavy atom. The van der Waals surface area contributed by atoms with Gasteiger partial charge in [0.25, 0.3) is 0 Å². The van der Waals surface area contributed by atoms with Crippen molar-refractivity contribution in [3.8, 4) is 32.6 Å². The smallest absolute Gasteiger partial charge is 0.308 e. The first-order chi connectivity index (χ1) is 14.7. The van der Waals surface area contributed by atoms with Crippen LogP contribution in [0.3, 0.4) is 0 Å². The molecule has 0 unspecified atom stereocenters. The van der Waals surface area contributed by atoms with Gasteiger partial charge in [-0.25, -0.2) is 0 Å². The summed E-state index contributed by atoms with van der Waals surface area (Å²) in [6.45, 7) is 4.38. The summed E-state index contributed by atoms with van der Waals surface area (Å²) in [4.78, 5) is 11.0. The highest BCUT2D eigenvalue weighted by Crippen LogP contribution is 2.31. The molecule has 6 heteroatoms. The summed E-state index contributed by atoms with van der Waals surface area (Å²) >= 11 is 1.52. The van der Waals surface area contributed by atoms with Gasteiger partial charge in [-0.2, -0.15) is 0 Å². The fourth-order valence-electron chi connectivity index (χ4n) is 3.05. The Labute approximate surface area is 182 Å². The van der Waals surface area contributed by atoms with Crippen LogP contribution in [0.2, 0.25) is 0 Å². The van der Waals surface area contributed by atoms with Crippen LogP contribution in [0.25, 0.3) is 21.1 Å². The Bertz CT molecular complexity index is 920. The Morgan fingerprint density at radius 1 is 0.800 bits per heavy atom. The lowest BCUT2D eigenvalue weighted by molar-refractivity contribution is -0.131. The lowest BCUT2D eigenvalue weighted by atomic mass is 10.1. The van der Waals surface area contributed by atoms with Crippen LogP contribution < -0.4 is 9.47 Å². The molecule has 0 aliphatic rings. The van der Waals surface area contributed by atoms with Crippen LogP contribution in [0.5, 0.6) is 11.5 Å². The minimum atomic E-state index is -0.333. The molecule has 0 radical (unpaired) electrons. The molecule has 0 amide bonds. The number of nitrogens with zero attached hydrogens (tertiary/aromatic N) is 2. The Hall–Kier alpha value is -2.73. The normalized spacial score (nSPS) is 10.7. The van der Waals surface area contributed by atoms with E-state index in [4.69, 9.17) is 9.47 Å². The second kappa shape index (κ2) is 11.5. The van der Waals surface area contributed by atoms with Crippen molar-refractivity contribution in [2.75, 3.05) is 6.61 Å². The van der Waals surface area contributed by atoms with E-state index in [0.717, 1.165) is 39.9 Å². The van der Waals surface area contributed by atoms with Gasteiger partial charge in [-0.05, 0) is 55.0 Å². The van der Waals surface area contributed by atoms with Gasteiger partial charge in [0.05, 0.1) is 6.61 Å². The molecule has 1 heterocycles. The van der Waals surface area contributed by atoms with E-state index in [0.29, 0.717) is 5.75 Å². The van der Waals surface area contributed by atoms with Crippen molar-refractivity contribution in [2.45, 2.75) is 52.4 Å². The number of ether oxygens (including phenoxy) is 2. The molecular weight excluding hydrogens is 396 g/mol. The molecule has 0 aliphatic carbocycles.